The third-order valence-corrected chi connectivity index (χ3v) is 4.03. The van der Waals surface area contributed by atoms with Crippen molar-refractivity contribution in [1.29, 1.82) is 0 Å². The molecule has 2 aromatic carbocycles. The van der Waals surface area contributed by atoms with Crippen LogP contribution in [0.2, 0.25) is 0 Å². The zero-order valence-corrected chi connectivity index (χ0v) is 13.1. The SMILES string of the molecule is O=C(Nc1ccc(COCc2ccccc2)cc1)C1CCNC1. The quantitative estimate of drug-likeness (QED) is 0.862. The first-order chi connectivity index (χ1) is 11.3. The van der Waals surface area contributed by atoms with Crippen LogP contribution in [0.15, 0.2) is 54.6 Å². The highest BCUT2D eigenvalue weighted by Gasteiger charge is 2.22. The molecular weight excluding hydrogens is 288 g/mol. The summed E-state index contributed by atoms with van der Waals surface area (Å²) in [4.78, 5) is 12.1. The van der Waals surface area contributed by atoms with Gasteiger partial charge in [-0.05, 0) is 36.2 Å². The summed E-state index contributed by atoms with van der Waals surface area (Å²) in [7, 11) is 0. The van der Waals surface area contributed by atoms with Crippen molar-refractivity contribution >= 4 is 11.6 Å². The molecule has 4 nitrogen and oxygen atoms in total. The molecule has 0 aromatic heterocycles. The lowest BCUT2D eigenvalue weighted by molar-refractivity contribution is -0.119. The molecule has 1 atom stereocenters. The largest absolute Gasteiger partial charge is 0.372 e. The highest BCUT2D eigenvalue weighted by Crippen LogP contribution is 2.15. The molecule has 2 N–H and O–H groups in total. The van der Waals surface area contributed by atoms with Gasteiger partial charge in [0.2, 0.25) is 5.91 Å². The second-order valence-electron chi connectivity index (χ2n) is 5.85. The van der Waals surface area contributed by atoms with Gasteiger partial charge in [0.25, 0.3) is 0 Å². The summed E-state index contributed by atoms with van der Waals surface area (Å²) in [5.41, 5.74) is 3.11. The van der Waals surface area contributed by atoms with E-state index in [0.29, 0.717) is 13.2 Å². The van der Waals surface area contributed by atoms with Crippen LogP contribution in [0.4, 0.5) is 5.69 Å². The Morgan fingerprint density at radius 3 is 2.39 bits per heavy atom. The molecule has 23 heavy (non-hydrogen) atoms. The smallest absolute Gasteiger partial charge is 0.228 e. The van der Waals surface area contributed by atoms with Crippen LogP contribution < -0.4 is 10.6 Å². The van der Waals surface area contributed by atoms with Crippen LogP contribution in [-0.2, 0) is 22.7 Å². The van der Waals surface area contributed by atoms with Gasteiger partial charge in [-0.25, -0.2) is 0 Å². The Morgan fingerprint density at radius 2 is 1.74 bits per heavy atom. The van der Waals surface area contributed by atoms with Gasteiger partial charge in [-0.3, -0.25) is 4.79 Å². The summed E-state index contributed by atoms with van der Waals surface area (Å²) in [5, 5.41) is 6.18. The van der Waals surface area contributed by atoms with Crippen molar-refractivity contribution in [3.63, 3.8) is 0 Å². The fourth-order valence-corrected chi connectivity index (χ4v) is 2.67. The van der Waals surface area contributed by atoms with Crippen LogP contribution in [0.25, 0.3) is 0 Å². The van der Waals surface area contributed by atoms with Crippen molar-refractivity contribution in [2.24, 2.45) is 5.92 Å². The molecule has 1 fully saturated rings. The number of carbonyl (C=O) groups is 1. The van der Waals surface area contributed by atoms with Crippen LogP contribution in [-0.4, -0.2) is 19.0 Å². The first-order valence-corrected chi connectivity index (χ1v) is 8.03. The van der Waals surface area contributed by atoms with Gasteiger partial charge in [-0.2, -0.15) is 0 Å². The summed E-state index contributed by atoms with van der Waals surface area (Å²) < 4.78 is 5.71. The van der Waals surface area contributed by atoms with Crippen molar-refractivity contribution in [2.75, 3.05) is 18.4 Å². The number of rotatable bonds is 6. The molecule has 3 rings (SSSR count). The number of nitrogens with one attached hydrogen (secondary N) is 2. The topological polar surface area (TPSA) is 50.4 Å². The lowest BCUT2D eigenvalue weighted by Crippen LogP contribution is -2.24. The normalized spacial score (nSPS) is 17.1. The minimum Gasteiger partial charge on any atom is -0.372 e. The lowest BCUT2D eigenvalue weighted by Gasteiger charge is -2.10. The molecule has 1 aliphatic heterocycles. The standard InChI is InChI=1S/C19H22N2O2/c22-19(17-10-11-20-12-17)21-18-8-6-16(7-9-18)14-23-13-15-4-2-1-3-5-15/h1-9,17,20H,10-14H2,(H,21,22). The van der Waals surface area contributed by atoms with Gasteiger partial charge in [0.15, 0.2) is 0 Å². The van der Waals surface area contributed by atoms with Crippen molar-refractivity contribution in [2.45, 2.75) is 19.6 Å². The van der Waals surface area contributed by atoms with E-state index in [1.807, 2.05) is 42.5 Å². The number of amides is 1. The highest BCUT2D eigenvalue weighted by molar-refractivity contribution is 5.92. The van der Waals surface area contributed by atoms with Crippen LogP contribution in [0.3, 0.4) is 0 Å². The summed E-state index contributed by atoms with van der Waals surface area (Å²) in [6.07, 6.45) is 0.914. The summed E-state index contributed by atoms with van der Waals surface area (Å²) >= 11 is 0. The Labute approximate surface area is 136 Å². The second kappa shape index (κ2) is 7.90. The molecule has 0 bridgehead atoms. The minimum atomic E-state index is 0.0869. The van der Waals surface area contributed by atoms with Gasteiger partial charge in [0.05, 0.1) is 19.1 Å². The number of hydrogen-bond acceptors (Lipinski definition) is 3. The average Bonchev–Trinajstić information content (AvgIpc) is 3.12. The van der Waals surface area contributed by atoms with E-state index in [4.69, 9.17) is 4.74 Å². The van der Waals surface area contributed by atoms with E-state index in [1.165, 1.54) is 5.56 Å². The Bertz CT molecular complexity index is 620. The number of carbonyl (C=O) groups excluding carboxylic acids is 1. The summed E-state index contributed by atoms with van der Waals surface area (Å²) in [6, 6.07) is 18.0. The molecule has 1 heterocycles. The lowest BCUT2D eigenvalue weighted by atomic mass is 10.1. The Morgan fingerprint density at radius 1 is 1.04 bits per heavy atom. The monoisotopic (exact) mass is 310 g/mol. The highest BCUT2D eigenvalue weighted by atomic mass is 16.5. The van der Waals surface area contributed by atoms with Gasteiger partial charge >= 0.3 is 0 Å². The Kier molecular flexibility index (Phi) is 5.40. The van der Waals surface area contributed by atoms with Gasteiger partial charge in [-0.1, -0.05) is 42.5 Å². The van der Waals surface area contributed by atoms with E-state index in [9.17, 15) is 4.79 Å². The van der Waals surface area contributed by atoms with Gasteiger partial charge in [0.1, 0.15) is 0 Å². The molecule has 0 saturated carbocycles. The van der Waals surface area contributed by atoms with E-state index < -0.39 is 0 Å². The maximum absolute atomic E-state index is 12.1. The average molecular weight is 310 g/mol. The predicted molar refractivity (Wildman–Crippen MR) is 91.0 cm³/mol. The molecule has 1 unspecified atom stereocenters. The van der Waals surface area contributed by atoms with E-state index in [1.54, 1.807) is 0 Å². The summed E-state index contributed by atoms with van der Waals surface area (Å²) in [6.45, 7) is 2.87. The van der Waals surface area contributed by atoms with Crippen molar-refractivity contribution in [3.8, 4) is 0 Å². The Balaban J connectivity index is 1.46. The fraction of sp³-hybridized carbons (Fsp3) is 0.316. The fourth-order valence-electron chi connectivity index (χ4n) is 2.67. The molecule has 120 valence electrons. The minimum absolute atomic E-state index is 0.0869. The van der Waals surface area contributed by atoms with Crippen LogP contribution in [0.1, 0.15) is 17.5 Å². The third kappa shape index (κ3) is 4.65. The molecule has 1 saturated heterocycles. The van der Waals surface area contributed by atoms with Crippen molar-refractivity contribution in [1.82, 2.24) is 5.32 Å². The van der Waals surface area contributed by atoms with Crippen LogP contribution in [0.5, 0.6) is 0 Å². The molecule has 0 radical (unpaired) electrons. The number of ether oxygens (including phenoxy) is 1. The van der Waals surface area contributed by atoms with Gasteiger partial charge < -0.3 is 15.4 Å². The molecule has 1 amide bonds. The second-order valence-corrected chi connectivity index (χ2v) is 5.85. The molecule has 1 aliphatic rings. The predicted octanol–water partition coefficient (Wildman–Crippen LogP) is 2.95. The van der Waals surface area contributed by atoms with E-state index in [0.717, 1.165) is 30.8 Å². The molecule has 2 aromatic rings. The van der Waals surface area contributed by atoms with Gasteiger partial charge in [-0.15, -0.1) is 0 Å². The number of hydrogen-bond donors (Lipinski definition) is 2. The number of anilines is 1. The molecule has 4 heteroatoms. The number of benzene rings is 2. The van der Waals surface area contributed by atoms with E-state index >= 15 is 0 Å². The maximum atomic E-state index is 12.1. The Hall–Kier alpha value is -2.17. The molecule has 0 aliphatic carbocycles. The van der Waals surface area contributed by atoms with E-state index in [-0.39, 0.29) is 11.8 Å². The first-order valence-electron chi connectivity index (χ1n) is 8.03. The third-order valence-electron chi connectivity index (χ3n) is 4.03. The zero-order valence-electron chi connectivity index (χ0n) is 13.1. The maximum Gasteiger partial charge on any atom is 0.228 e. The first kappa shape index (κ1) is 15.7. The van der Waals surface area contributed by atoms with Crippen molar-refractivity contribution in [3.05, 3.63) is 65.7 Å². The van der Waals surface area contributed by atoms with Crippen LogP contribution in [0, 0.1) is 5.92 Å². The van der Waals surface area contributed by atoms with Gasteiger partial charge in [0, 0.05) is 12.2 Å². The molecular formula is C19H22N2O2. The van der Waals surface area contributed by atoms with E-state index in [2.05, 4.69) is 22.8 Å². The summed E-state index contributed by atoms with van der Waals surface area (Å²) in [5.74, 6) is 0.187. The van der Waals surface area contributed by atoms with Crippen molar-refractivity contribution < 1.29 is 9.53 Å². The van der Waals surface area contributed by atoms with Crippen LogP contribution >= 0.6 is 0 Å². The zero-order chi connectivity index (χ0) is 15.9. The molecule has 0 spiro atoms.